The van der Waals surface area contributed by atoms with Gasteiger partial charge in [0, 0.05) is 23.7 Å². The van der Waals surface area contributed by atoms with Crippen LogP contribution in [0.25, 0.3) is 0 Å². The molecule has 132 valence electrons. The van der Waals surface area contributed by atoms with Gasteiger partial charge in [0.2, 0.25) is 0 Å². The van der Waals surface area contributed by atoms with Crippen molar-refractivity contribution in [2.75, 3.05) is 6.54 Å². The summed E-state index contributed by atoms with van der Waals surface area (Å²) in [4.78, 5) is 4.47. The van der Waals surface area contributed by atoms with E-state index >= 15 is 0 Å². The Kier molecular flexibility index (Phi) is 9.24. The van der Waals surface area contributed by atoms with Crippen molar-refractivity contribution < 1.29 is 4.39 Å². The van der Waals surface area contributed by atoms with Crippen LogP contribution in [0.1, 0.15) is 23.6 Å². The summed E-state index contributed by atoms with van der Waals surface area (Å²) < 4.78 is 13.9. The second kappa shape index (κ2) is 10.9. The lowest BCUT2D eigenvalue weighted by Gasteiger charge is -2.12. The van der Waals surface area contributed by atoms with Crippen LogP contribution in [-0.4, -0.2) is 12.5 Å². The lowest BCUT2D eigenvalue weighted by molar-refractivity contribution is 0.604. The maximum atomic E-state index is 13.9. The number of hydrogen-bond acceptors (Lipinski definition) is 2. The molecule has 0 aliphatic carbocycles. The Balaban J connectivity index is 0.00000312. The summed E-state index contributed by atoms with van der Waals surface area (Å²) in [6.45, 7) is 3.43. The Hall–Kier alpha value is -1.85. The fourth-order valence-corrected chi connectivity index (χ4v) is 2.17. The molecule has 0 spiro atoms. The van der Waals surface area contributed by atoms with Gasteiger partial charge in [0.25, 0.3) is 0 Å². The normalized spacial score (nSPS) is 10.6. The van der Waals surface area contributed by atoms with Crippen LogP contribution >= 0.6 is 35.6 Å². The Morgan fingerprint density at radius 3 is 2.52 bits per heavy atom. The number of nitriles is 1. The highest BCUT2D eigenvalue weighted by Crippen LogP contribution is 2.11. The van der Waals surface area contributed by atoms with E-state index in [2.05, 4.69) is 15.6 Å². The highest BCUT2D eigenvalue weighted by atomic mass is 127. The minimum absolute atomic E-state index is 0. The van der Waals surface area contributed by atoms with Gasteiger partial charge in [0.1, 0.15) is 5.82 Å². The van der Waals surface area contributed by atoms with Gasteiger partial charge in [-0.3, -0.25) is 0 Å². The quantitative estimate of drug-likeness (QED) is 0.389. The Labute approximate surface area is 169 Å². The number of halogens is 3. The number of rotatable bonds is 5. The molecular formula is C18H19ClFIN4. The van der Waals surface area contributed by atoms with Crippen LogP contribution in [0.2, 0.25) is 5.02 Å². The zero-order valence-electron chi connectivity index (χ0n) is 13.7. The predicted molar refractivity (Wildman–Crippen MR) is 110 cm³/mol. The Bertz CT molecular complexity index is 757. The molecule has 0 aliphatic heterocycles. The average molecular weight is 473 g/mol. The zero-order valence-corrected chi connectivity index (χ0v) is 16.8. The van der Waals surface area contributed by atoms with Crippen molar-refractivity contribution in [2.45, 2.75) is 20.0 Å². The Morgan fingerprint density at radius 2 is 1.92 bits per heavy atom. The van der Waals surface area contributed by atoms with E-state index in [4.69, 9.17) is 16.9 Å². The summed E-state index contributed by atoms with van der Waals surface area (Å²) in [5.74, 6) is 0.186. The van der Waals surface area contributed by atoms with Crippen molar-refractivity contribution in [3.63, 3.8) is 0 Å². The summed E-state index contributed by atoms with van der Waals surface area (Å²) >= 11 is 5.86. The molecule has 0 aliphatic rings. The van der Waals surface area contributed by atoms with Gasteiger partial charge in [-0.2, -0.15) is 5.26 Å². The molecule has 2 aromatic carbocycles. The summed E-state index contributed by atoms with van der Waals surface area (Å²) in [5.41, 5.74) is 1.81. The van der Waals surface area contributed by atoms with Gasteiger partial charge in [-0.1, -0.05) is 29.8 Å². The van der Waals surface area contributed by atoms with Gasteiger partial charge in [0.15, 0.2) is 5.96 Å². The van der Waals surface area contributed by atoms with Crippen LogP contribution in [-0.2, 0) is 13.1 Å². The van der Waals surface area contributed by atoms with Crippen molar-refractivity contribution in [1.29, 1.82) is 5.26 Å². The van der Waals surface area contributed by atoms with Crippen LogP contribution in [0.4, 0.5) is 4.39 Å². The molecule has 7 heteroatoms. The molecule has 0 saturated carbocycles. The molecule has 0 bridgehead atoms. The van der Waals surface area contributed by atoms with Gasteiger partial charge in [-0.25, -0.2) is 9.38 Å². The third-order valence-corrected chi connectivity index (χ3v) is 3.56. The molecular weight excluding hydrogens is 454 g/mol. The molecule has 2 N–H and O–H groups in total. The van der Waals surface area contributed by atoms with Crippen molar-refractivity contribution in [1.82, 2.24) is 10.6 Å². The standard InChI is InChI=1S/C18H18ClFN4.HI/c1-2-22-18(23-11-13-4-7-16(19)8-5-13)24-12-15-6-3-14(10-21)9-17(15)20;/h3-9H,2,11-12H2,1H3,(H2,22,23,24);1H. The molecule has 2 rings (SSSR count). The minimum atomic E-state index is -0.407. The number of aliphatic imine (C=N–C) groups is 1. The topological polar surface area (TPSA) is 60.2 Å². The zero-order chi connectivity index (χ0) is 17.4. The molecule has 0 saturated heterocycles. The van der Waals surface area contributed by atoms with Gasteiger partial charge >= 0.3 is 0 Å². The van der Waals surface area contributed by atoms with Gasteiger partial charge in [0.05, 0.1) is 18.2 Å². The van der Waals surface area contributed by atoms with Crippen molar-refractivity contribution in [2.24, 2.45) is 4.99 Å². The predicted octanol–water partition coefficient (Wildman–Crippen LogP) is 4.22. The Morgan fingerprint density at radius 1 is 1.20 bits per heavy atom. The monoisotopic (exact) mass is 472 g/mol. The van der Waals surface area contributed by atoms with Crippen LogP contribution in [0.3, 0.4) is 0 Å². The lowest BCUT2D eigenvalue weighted by Crippen LogP contribution is -2.37. The maximum absolute atomic E-state index is 13.9. The molecule has 0 amide bonds. The first kappa shape index (κ1) is 21.2. The molecule has 0 unspecified atom stereocenters. The largest absolute Gasteiger partial charge is 0.357 e. The fourth-order valence-electron chi connectivity index (χ4n) is 2.04. The van der Waals surface area contributed by atoms with Crippen LogP contribution < -0.4 is 10.6 Å². The third-order valence-electron chi connectivity index (χ3n) is 3.31. The number of guanidine groups is 1. The SMILES string of the molecule is CCNC(=NCc1ccc(Cl)cc1)NCc1ccc(C#N)cc1F.I. The molecule has 0 aromatic heterocycles. The summed E-state index contributed by atoms with van der Waals surface area (Å²) in [6, 6.07) is 13.8. The molecule has 0 fully saturated rings. The van der Waals surface area contributed by atoms with E-state index < -0.39 is 5.82 Å². The van der Waals surface area contributed by atoms with E-state index in [1.807, 2.05) is 37.3 Å². The molecule has 0 radical (unpaired) electrons. The van der Waals surface area contributed by atoms with Crippen molar-refractivity contribution >= 4 is 41.5 Å². The van der Waals surface area contributed by atoms with Gasteiger partial charge < -0.3 is 10.6 Å². The van der Waals surface area contributed by atoms with E-state index in [9.17, 15) is 4.39 Å². The molecule has 0 atom stereocenters. The first-order valence-corrected chi connectivity index (χ1v) is 7.95. The second-order valence-electron chi connectivity index (χ2n) is 5.09. The first-order valence-electron chi connectivity index (χ1n) is 7.57. The van der Waals surface area contributed by atoms with Gasteiger partial charge in [-0.05, 0) is 36.8 Å². The van der Waals surface area contributed by atoms with Crippen LogP contribution in [0, 0.1) is 17.1 Å². The highest BCUT2D eigenvalue weighted by molar-refractivity contribution is 14.0. The first-order chi connectivity index (χ1) is 11.6. The maximum Gasteiger partial charge on any atom is 0.191 e. The number of hydrogen-bond donors (Lipinski definition) is 2. The summed E-state index contributed by atoms with van der Waals surface area (Å²) in [6.07, 6.45) is 0. The van der Waals surface area contributed by atoms with E-state index in [1.54, 1.807) is 12.1 Å². The summed E-state index contributed by atoms with van der Waals surface area (Å²) in [5, 5.41) is 15.7. The van der Waals surface area contributed by atoms with E-state index in [-0.39, 0.29) is 30.5 Å². The number of nitrogens with one attached hydrogen (secondary N) is 2. The summed E-state index contributed by atoms with van der Waals surface area (Å²) in [7, 11) is 0. The third kappa shape index (κ3) is 6.88. The number of benzene rings is 2. The van der Waals surface area contributed by atoms with E-state index in [0.29, 0.717) is 35.2 Å². The highest BCUT2D eigenvalue weighted by Gasteiger charge is 2.05. The van der Waals surface area contributed by atoms with Crippen molar-refractivity contribution in [3.8, 4) is 6.07 Å². The molecule has 4 nitrogen and oxygen atoms in total. The molecule has 0 heterocycles. The van der Waals surface area contributed by atoms with E-state index in [1.165, 1.54) is 6.07 Å². The molecule has 2 aromatic rings. The molecule has 25 heavy (non-hydrogen) atoms. The van der Waals surface area contributed by atoms with Gasteiger partial charge in [-0.15, -0.1) is 24.0 Å². The van der Waals surface area contributed by atoms with Crippen LogP contribution in [0.5, 0.6) is 0 Å². The second-order valence-corrected chi connectivity index (χ2v) is 5.53. The van der Waals surface area contributed by atoms with Crippen LogP contribution in [0.15, 0.2) is 47.5 Å². The average Bonchev–Trinajstić information content (AvgIpc) is 2.59. The lowest BCUT2D eigenvalue weighted by atomic mass is 10.1. The smallest absolute Gasteiger partial charge is 0.191 e. The number of nitrogens with zero attached hydrogens (tertiary/aromatic N) is 2. The van der Waals surface area contributed by atoms with E-state index in [0.717, 1.165) is 5.56 Å². The minimum Gasteiger partial charge on any atom is -0.357 e. The fraction of sp³-hybridized carbons (Fsp3) is 0.222. The van der Waals surface area contributed by atoms with Crippen molar-refractivity contribution in [3.05, 3.63) is 70.0 Å².